The molecule has 11 heteroatoms. The molecule has 1 rings (SSSR count). The Balaban J connectivity index is 3.46. The molecular weight excluding hydrogens is 306 g/mol. The molecule has 0 aliphatic rings. The lowest BCUT2D eigenvalue weighted by Gasteiger charge is -2.17. The van der Waals surface area contributed by atoms with Crippen LogP contribution in [0.1, 0.15) is 17.7 Å². The van der Waals surface area contributed by atoms with Crippen LogP contribution in [0.3, 0.4) is 0 Å². The monoisotopic (exact) mass is 311 g/mol. The van der Waals surface area contributed by atoms with E-state index in [1.807, 2.05) is 0 Å². The molecule has 0 bridgehead atoms. The molecule has 114 valence electrons. The zero-order valence-electron chi connectivity index (χ0n) is 9.44. The molecule has 1 aromatic heterocycles. The summed E-state index contributed by atoms with van der Waals surface area (Å²) in [5, 5.41) is 0. The molecule has 0 amide bonds. The van der Waals surface area contributed by atoms with Gasteiger partial charge in [0, 0.05) is 6.07 Å². The van der Waals surface area contributed by atoms with Crippen molar-refractivity contribution in [2.24, 2.45) is 0 Å². The van der Waals surface area contributed by atoms with Gasteiger partial charge in [-0.2, -0.15) is 13.2 Å². The fourth-order valence-electron chi connectivity index (χ4n) is 1.23. The summed E-state index contributed by atoms with van der Waals surface area (Å²) in [6, 6.07) is -0.235. The Morgan fingerprint density at radius 3 is 2.00 bits per heavy atom. The highest BCUT2D eigenvalue weighted by Gasteiger charge is 2.40. The van der Waals surface area contributed by atoms with Crippen LogP contribution in [0.2, 0.25) is 0 Å². The van der Waals surface area contributed by atoms with Crippen LogP contribution in [0.15, 0.2) is 6.07 Å². The van der Waals surface area contributed by atoms with E-state index in [1.54, 1.807) is 0 Å². The maximum atomic E-state index is 12.5. The minimum Gasteiger partial charge on any atom is -0.478 e. The Bertz CT molecular complexity index is 482. The molecule has 20 heavy (non-hydrogen) atoms. The fourth-order valence-corrected chi connectivity index (χ4v) is 1.23. The van der Waals surface area contributed by atoms with Crippen molar-refractivity contribution in [3.63, 3.8) is 0 Å². The van der Waals surface area contributed by atoms with Gasteiger partial charge in [0.25, 0.3) is 12.3 Å². The molecule has 1 heterocycles. The van der Waals surface area contributed by atoms with Gasteiger partial charge in [0.2, 0.25) is 0 Å². The first-order valence-corrected chi connectivity index (χ1v) is 4.65. The second-order valence-electron chi connectivity index (χ2n) is 3.27. The first-order chi connectivity index (χ1) is 8.95. The van der Waals surface area contributed by atoms with Gasteiger partial charge in [-0.1, -0.05) is 0 Å². The van der Waals surface area contributed by atoms with E-state index in [9.17, 15) is 35.1 Å². The normalized spacial score (nSPS) is 12.7. The Hall–Kier alpha value is -1.81. The molecule has 0 saturated carbocycles. The Labute approximate surface area is 106 Å². The van der Waals surface area contributed by atoms with E-state index in [-0.39, 0.29) is 6.07 Å². The van der Waals surface area contributed by atoms with Crippen LogP contribution >= 0.6 is 0 Å². The van der Waals surface area contributed by atoms with Gasteiger partial charge in [-0.05, 0) is 0 Å². The van der Waals surface area contributed by atoms with Gasteiger partial charge in [0.15, 0.2) is 5.75 Å². The molecule has 3 nitrogen and oxygen atoms in total. The lowest BCUT2D eigenvalue weighted by Crippen LogP contribution is -2.20. The summed E-state index contributed by atoms with van der Waals surface area (Å²) in [7, 11) is 0.744. The fraction of sp³-hybridized carbons (Fsp3) is 0.444. The van der Waals surface area contributed by atoms with Crippen LogP contribution in [0.4, 0.5) is 35.1 Å². The molecule has 0 aliphatic heterocycles. The lowest BCUT2D eigenvalue weighted by molar-refractivity contribution is -0.275. The SMILES string of the molecule is COc1nc(C(F)F)c(C(F)(F)F)cc1OC(F)(F)F. The van der Waals surface area contributed by atoms with Crippen molar-refractivity contribution in [3.8, 4) is 11.6 Å². The van der Waals surface area contributed by atoms with E-state index in [2.05, 4.69) is 14.5 Å². The first kappa shape index (κ1) is 16.2. The standard InChI is InChI=1S/C9H5F8NO2/c1-19-7-4(20-9(15,16)17)2-3(8(12,13)14)5(18-7)6(10)11/h2,6H,1H3. The molecule has 0 spiro atoms. The third kappa shape index (κ3) is 3.84. The molecule has 0 fully saturated rings. The molecule has 0 N–H and O–H groups in total. The van der Waals surface area contributed by atoms with Gasteiger partial charge >= 0.3 is 12.5 Å². The highest BCUT2D eigenvalue weighted by atomic mass is 19.4. The van der Waals surface area contributed by atoms with Crippen molar-refractivity contribution in [2.75, 3.05) is 7.11 Å². The van der Waals surface area contributed by atoms with Crippen LogP contribution in [0.25, 0.3) is 0 Å². The van der Waals surface area contributed by atoms with Gasteiger partial charge in [-0.15, -0.1) is 13.2 Å². The van der Waals surface area contributed by atoms with E-state index < -0.39 is 41.9 Å². The smallest absolute Gasteiger partial charge is 0.478 e. The first-order valence-electron chi connectivity index (χ1n) is 4.65. The van der Waals surface area contributed by atoms with Crippen LogP contribution in [0, 0.1) is 0 Å². The van der Waals surface area contributed by atoms with Crippen LogP contribution < -0.4 is 9.47 Å². The predicted octanol–water partition coefficient (Wildman–Crippen LogP) is 3.95. The topological polar surface area (TPSA) is 31.4 Å². The summed E-state index contributed by atoms with van der Waals surface area (Å²) in [5.74, 6) is -2.60. The number of alkyl halides is 8. The number of hydrogen-bond donors (Lipinski definition) is 0. The summed E-state index contributed by atoms with van der Waals surface area (Å²) >= 11 is 0. The molecule has 0 atom stereocenters. The minimum absolute atomic E-state index is 0.235. The number of aromatic nitrogens is 1. The molecule has 0 aromatic carbocycles. The maximum Gasteiger partial charge on any atom is 0.573 e. The highest BCUT2D eigenvalue weighted by Crippen LogP contribution is 2.41. The predicted molar refractivity (Wildman–Crippen MR) is 47.4 cm³/mol. The summed E-state index contributed by atoms with van der Waals surface area (Å²) in [6.07, 6.45) is -14.3. The van der Waals surface area contributed by atoms with E-state index in [1.165, 1.54) is 0 Å². The maximum absolute atomic E-state index is 12.5. The van der Waals surface area contributed by atoms with E-state index in [0.29, 0.717) is 0 Å². The zero-order chi connectivity index (χ0) is 15.7. The number of rotatable bonds is 3. The summed E-state index contributed by atoms with van der Waals surface area (Å²) in [5.41, 5.74) is -3.78. The van der Waals surface area contributed by atoms with E-state index in [0.717, 1.165) is 7.11 Å². The van der Waals surface area contributed by atoms with Gasteiger partial charge < -0.3 is 9.47 Å². The average molecular weight is 311 g/mol. The van der Waals surface area contributed by atoms with Crippen molar-refractivity contribution in [1.29, 1.82) is 0 Å². The third-order valence-electron chi connectivity index (χ3n) is 1.92. The largest absolute Gasteiger partial charge is 0.573 e. The number of pyridine rings is 1. The van der Waals surface area contributed by atoms with E-state index >= 15 is 0 Å². The average Bonchev–Trinajstić information content (AvgIpc) is 2.24. The Morgan fingerprint density at radius 2 is 1.65 bits per heavy atom. The third-order valence-corrected chi connectivity index (χ3v) is 1.92. The summed E-state index contributed by atoms with van der Waals surface area (Å²) in [4.78, 5) is 2.72. The summed E-state index contributed by atoms with van der Waals surface area (Å²) in [6.45, 7) is 0. The molecular formula is C9H5F8NO2. The molecule has 0 radical (unpaired) electrons. The Morgan fingerprint density at radius 1 is 1.10 bits per heavy atom. The molecule has 1 aromatic rings. The summed E-state index contributed by atoms with van der Waals surface area (Å²) < 4.78 is 106. The van der Waals surface area contributed by atoms with Crippen molar-refractivity contribution in [1.82, 2.24) is 4.98 Å². The molecule has 0 saturated heterocycles. The number of halogens is 8. The van der Waals surface area contributed by atoms with Crippen molar-refractivity contribution in [2.45, 2.75) is 19.0 Å². The van der Waals surface area contributed by atoms with Gasteiger partial charge in [-0.3, -0.25) is 0 Å². The van der Waals surface area contributed by atoms with Crippen molar-refractivity contribution >= 4 is 0 Å². The van der Waals surface area contributed by atoms with Crippen LogP contribution in [-0.2, 0) is 6.18 Å². The van der Waals surface area contributed by atoms with Crippen molar-refractivity contribution in [3.05, 3.63) is 17.3 Å². The van der Waals surface area contributed by atoms with Crippen LogP contribution in [-0.4, -0.2) is 18.5 Å². The minimum atomic E-state index is -5.33. The van der Waals surface area contributed by atoms with Gasteiger partial charge in [0.1, 0.15) is 5.69 Å². The Kier molecular flexibility index (Phi) is 4.30. The lowest BCUT2D eigenvalue weighted by atomic mass is 10.2. The number of nitrogens with zero attached hydrogens (tertiary/aromatic N) is 1. The number of ether oxygens (including phenoxy) is 2. The second kappa shape index (κ2) is 5.29. The molecule has 0 unspecified atom stereocenters. The second-order valence-corrected chi connectivity index (χ2v) is 3.27. The zero-order valence-corrected chi connectivity index (χ0v) is 9.44. The van der Waals surface area contributed by atoms with Crippen molar-refractivity contribution < 1.29 is 44.6 Å². The van der Waals surface area contributed by atoms with Gasteiger partial charge in [-0.25, -0.2) is 13.8 Å². The van der Waals surface area contributed by atoms with Gasteiger partial charge in [0.05, 0.1) is 12.7 Å². The van der Waals surface area contributed by atoms with Crippen LogP contribution in [0.5, 0.6) is 11.6 Å². The number of methoxy groups -OCH3 is 1. The number of hydrogen-bond acceptors (Lipinski definition) is 3. The highest BCUT2D eigenvalue weighted by molar-refractivity contribution is 5.41. The molecule has 0 aliphatic carbocycles. The quantitative estimate of drug-likeness (QED) is 0.792. The van der Waals surface area contributed by atoms with E-state index in [4.69, 9.17) is 0 Å².